The smallest absolute Gasteiger partial charge is 0.326 e. The van der Waals surface area contributed by atoms with Crippen LogP contribution in [0, 0.1) is 5.92 Å². The summed E-state index contributed by atoms with van der Waals surface area (Å²) in [6.07, 6.45) is 0. The highest BCUT2D eigenvalue weighted by atomic mass is 32.1. The van der Waals surface area contributed by atoms with Crippen molar-refractivity contribution in [2.45, 2.75) is 33.0 Å². The Bertz CT molecular complexity index is 639. The van der Waals surface area contributed by atoms with Gasteiger partial charge in [0.25, 0.3) is 0 Å². The fraction of sp³-hybridized carbons (Fsp3) is 0.615. The van der Waals surface area contributed by atoms with E-state index < -0.39 is 12.0 Å². The standard InChI is InChI=1S/C13H18N6O3S/c1-8(2)11(12(20)21)19-4-3-18(13(19)22)6-9-7-23-10(16-9)5-15-17-14/h7-8,11H,3-6H2,1-2H3,(H,20,21)/t11-/m0/s1. The zero-order valence-corrected chi connectivity index (χ0v) is 13.7. The number of carboxylic acids is 1. The highest BCUT2D eigenvalue weighted by molar-refractivity contribution is 7.09. The van der Waals surface area contributed by atoms with Gasteiger partial charge in [0.2, 0.25) is 0 Å². The van der Waals surface area contributed by atoms with E-state index in [2.05, 4.69) is 15.0 Å². The molecule has 1 atom stereocenters. The van der Waals surface area contributed by atoms with Gasteiger partial charge >= 0.3 is 12.0 Å². The van der Waals surface area contributed by atoms with E-state index in [1.807, 2.05) is 5.38 Å². The first kappa shape index (κ1) is 17.0. The molecule has 0 aromatic carbocycles. The Morgan fingerprint density at radius 3 is 2.91 bits per heavy atom. The molecule has 23 heavy (non-hydrogen) atoms. The first-order valence-corrected chi connectivity index (χ1v) is 8.04. The number of carboxylic acid groups (broad SMARTS) is 1. The van der Waals surface area contributed by atoms with Crippen LogP contribution in [0.15, 0.2) is 10.5 Å². The van der Waals surface area contributed by atoms with Gasteiger partial charge in [-0.15, -0.1) is 11.3 Å². The van der Waals surface area contributed by atoms with E-state index in [9.17, 15) is 14.7 Å². The predicted octanol–water partition coefficient (Wildman–Crippen LogP) is 2.30. The van der Waals surface area contributed by atoms with E-state index >= 15 is 0 Å². The first-order chi connectivity index (χ1) is 10.9. The van der Waals surface area contributed by atoms with Crippen LogP contribution in [-0.4, -0.2) is 51.0 Å². The molecule has 0 radical (unpaired) electrons. The van der Waals surface area contributed by atoms with Crippen LogP contribution in [0.4, 0.5) is 4.79 Å². The van der Waals surface area contributed by atoms with Crippen LogP contribution in [0.25, 0.3) is 10.4 Å². The summed E-state index contributed by atoms with van der Waals surface area (Å²) in [5.74, 6) is -1.15. The van der Waals surface area contributed by atoms with Crippen LogP contribution in [0.3, 0.4) is 0 Å². The monoisotopic (exact) mass is 338 g/mol. The summed E-state index contributed by atoms with van der Waals surface area (Å²) in [4.78, 5) is 33.8. The van der Waals surface area contributed by atoms with Crippen molar-refractivity contribution >= 4 is 23.3 Å². The van der Waals surface area contributed by atoms with Crippen molar-refractivity contribution in [3.63, 3.8) is 0 Å². The van der Waals surface area contributed by atoms with Crippen molar-refractivity contribution < 1.29 is 14.7 Å². The Balaban J connectivity index is 2.03. The average Bonchev–Trinajstić information content (AvgIpc) is 3.06. The molecule has 0 aliphatic carbocycles. The van der Waals surface area contributed by atoms with Gasteiger partial charge in [0, 0.05) is 23.4 Å². The first-order valence-electron chi connectivity index (χ1n) is 7.16. The van der Waals surface area contributed by atoms with Crippen molar-refractivity contribution in [2.24, 2.45) is 11.0 Å². The van der Waals surface area contributed by atoms with E-state index in [1.165, 1.54) is 16.2 Å². The number of aliphatic carboxylic acids is 1. The lowest BCUT2D eigenvalue weighted by atomic mass is 10.0. The van der Waals surface area contributed by atoms with Crippen LogP contribution in [0.1, 0.15) is 24.5 Å². The second-order valence-corrected chi connectivity index (χ2v) is 6.49. The van der Waals surface area contributed by atoms with Crippen LogP contribution >= 0.6 is 11.3 Å². The van der Waals surface area contributed by atoms with E-state index in [1.54, 1.807) is 18.7 Å². The SMILES string of the molecule is CC(C)[C@@H](C(=O)O)N1CCN(Cc2csc(CN=[N+]=[N-])n2)C1=O. The number of hydrogen-bond acceptors (Lipinski definition) is 5. The lowest BCUT2D eigenvalue weighted by molar-refractivity contribution is -0.143. The number of amides is 2. The Morgan fingerprint density at radius 1 is 1.57 bits per heavy atom. The number of carbonyl (C=O) groups excluding carboxylic acids is 1. The fourth-order valence-corrected chi connectivity index (χ4v) is 3.27. The molecule has 1 aromatic rings. The van der Waals surface area contributed by atoms with Gasteiger partial charge in [-0.25, -0.2) is 14.6 Å². The zero-order valence-electron chi connectivity index (χ0n) is 12.9. The summed E-state index contributed by atoms with van der Waals surface area (Å²) < 4.78 is 0. The minimum Gasteiger partial charge on any atom is -0.480 e. The van der Waals surface area contributed by atoms with E-state index in [4.69, 9.17) is 5.53 Å². The number of azide groups is 1. The highest BCUT2D eigenvalue weighted by Gasteiger charge is 2.38. The number of thiazole rings is 1. The zero-order chi connectivity index (χ0) is 17.0. The van der Waals surface area contributed by atoms with Crippen molar-refractivity contribution in [1.29, 1.82) is 0 Å². The Labute approximate surface area is 137 Å². The van der Waals surface area contributed by atoms with E-state index in [0.29, 0.717) is 30.3 Å². The van der Waals surface area contributed by atoms with E-state index in [-0.39, 0.29) is 18.5 Å². The Kier molecular flexibility index (Phi) is 5.41. The quantitative estimate of drug-likeness (QED) is 0.465. The largest absolute Gasteiger partial charge is 0.480 e. The van der Waals surface area contributed by atoms with Gasteiger partial charge in [-0.2, -0.15) is 0 Å². The molecule has 0 unspecified atom stereocenters. The Morgan fingerprint density at radius 2 is 2.30 bits per heavy atom. The predicted molar refractivity (Wildman–Crippen MR) is 83.7 cm³/mol. The van der Waals surface area contributed by atoms with Crippen molar-refractivity contribution in [2.75, 3.05) is 13.1 Å². The number of hydrogen-bond donors (Lipinski definition) is 1. The lowest BCUT2D eigenvalue weighted by Crippen LogP contribution is -2.46. The third-order valence-electron chi connectivity index (χ3n) is 3.57. The summed E-state index contributed by atoms with van der Waals surface area (Å²) >= 11 is 1.37. The molecule has 1 aromatic heterocycles. The fourth-order valence-electron chi connectivity index (χ4n) is 2.57. The molecular formula is C13H18N6O3S. The lowest BCUT2D eigenvalue weighted by Gasteiger charge is -2.27. The minimum atomic E-state index is -0.986. The third-order valence-corrected chi connectivity index (χ3v) is 4.45. The number of urea groups is 1. The van der Waals surface area contributed by atoms with Crippen LogP contribution in [-0.2, 0) is 17.9 Å². The summed E-state index contributed by atoms with van der Waals surface area (Å²) in [5, 5.41) is 15.3. The minimum absolute atomic E-state index is 0.161. The molecule has 0 spiro atoms. The summed E-state index contributed by atoms with van der Waals surface area (Å²) in [6.45, 7) is 4.96. The molecule has 2 rings (SSSR count). The molecule has 0 bridgehead atoms. The number of carbonyl (C=O) groups is 2. The van der Waals surface area contributed by atoms with Gasteiger partial charge in [0.1, 0.15) is 6.04 Å². The van der Waals surface area contributed by atoms with Gasteiger partial charge in [-0.05, 0) is 11.4 Å². The molecule has 1 saturated heterocycles. The molecule has 1 fully saturated rings. The molecule has 124 valence electrons. The topological polar surface area (TPSA) is 122 Å². The molecule has 1 aliphatic rings. The van der Waals surface area contributed by atoms with E-state index in [0.717, 1.165) is 0 Å². The van der Waals surface area contributed by atoms with Gasteiger partial charge in [-0.1, -0.05) is 19.0 Å². The number of aromatic nitrogens is 1. The third kappa shape index (κ3) is 3.91. The normalized spacial score (nSPS) is 15.9. The van der Waals surface area contributed by atoms with Gasteiger partial charge < -0.3 is 14.9 Å². The maximum absolute atomic E-state index is 12.4. The molecule has 10 heteroatoms. The molecule has 1 N–H and O–H groups in total. The summed E-state index contributed by atoms with van der Waals surface area (Å²) in [6, 6.07) is -1.10. The van der Waals surface area contributed by atoms with Crippen LogP contribution < -0.4 is 0 Å². The van der Waals surface area contributed by atoms with Gasteiger partial charge in [0.15, 0.2) is 0 Å². The second kappa shape index (κ2) is 7.30. The van der Waals surface area contributed by atoms with Gasteiger partial charge in [-0.3, -0.25) is 0 Å². The van der Waals surface area contributed by atoms with Gasteiger partial charge in [0.05, 0.1) is 23.8 Å². The molecule has 0 saturated carbocycles. The maximum Gasteiger partial charge on any atom is 0.326 e. The molecule has 2 amide bonds. The molecular weight excluding hydrogens is 320 g/mol. The van der Waals surface area contributed by atoms with Crippen molar-refractivity contribution in [3.05, 3.63) is 26.5 Å². The molecule has 1 aliphatic heterocycles. The number of rotatable bonds is 7. The Hall–Kier alpha value is -2.32. The van der Waals surface area contributed by atoms with Crippen molar-refractivity contribution in [1.82, 2.24) is 14.8 Å². The van der Waals surface area contributed by atoms with Crippen LogP contribution in [0.2, 0.25) is 0 Å². The maximum atomic E-state index is 12.4. The van der Waals surface area contributed by atoms with Crippen molar-refractivity contribution in [3.8, 4) is 0 Å². The summed E-state index contributed by atoms with van der Waals surface area (Å²) in [7, 11) is 0. The highest BCUT2D eigenvalue weighted by Crippen LogP contribution is 2.21. The molecule has 2 heterocycles. The second-order valence-electron chi connectivity index (χ2n) is 5.55. The average molecular weight is 338 g/mol. The van der Waals surface area contributed by atoms with Crippen LogP contribution in [0.5, 0.6) is 0 Å². The number of nitrogens with zero attached hydrogens (tertiary/aromatic N) is 6. The summed E-state index contributed by atoms with van der Waals surface area (Å²) in [5.41, 5.74) is 9.01. The molecule has 9 nitrogen and oxygen atoms in total.